The summed E-state index contributed by atoms with van der Waals surface area (Å²) >= 11 is 0. The molecule has 0 fully saturated rings. The van der Waals surface area contributed by atoms with Crippen molar-refractivity contribution >= 4 is 21.5 Å². The van der Waals surface area contributed by atoms with E-state index in [4.69, 9.17) is 9.84 Å². The number of carbonyl (C=O) groups is 1. The van der Waals surface area contributed by atoms with Crippen LogP contribution in [-0.4, -0.2) is 38.5 Å². The average Bonchev–Trinajstić information content (AvgIpc) is 2.52. The second-order valence-corrected chi connectivity index (χ2v) is 7.30. The Kier molecular flexibility index (Phi) is 5.45. The molecule has 0 saturated carbocycles. The Labute approximate surface area is 147 Å². The molecule has 2 N–H and O–H groups in total. The third kappa shape index (κ3) is 5.12. The molecule has 0 aliphatic heterocycles. The van der Waals surface area contributed by atoms with Crippen molar-refractivity contribution in [2.75, 3.05) is 18.1 Å². The molecule has 2 aromatic carbocycles. The maximum atomic E-state index is 12.6. The Hall–Kier alpha value is -2.75. The van der Waals surface area contributed by atoms with Crippen LogP contribution in [0.4, 0.5) is 18.9 Å². The molecule has 140 valence electrons. The van der Waals surface area contributed by atoms with Gasteiger partial charge in [-0.15, -0.1) is 0 Å². The van der Waals surface area contributed by atoms with E-state index in [1.807, 2.05) is 5.32 Å². The Balaban J connectivity index is 2.64. The zero-order valence-electron chi connectivity index (χ0n) is 13.4. The van der Waals surface area contributed by atoms with E-state index in [0.29, 0.717) is 0 Å². The molecular weight excluding hydrogens is 375 g/mol. The van der Waals surface area contributed by atoms with Gasteiger partial charge in [0, 0.05) is 6.26 Å². The average molecular weight is 389 g/mol. The first kappa shape index (κ1) is 19.6. The number of hydrogen-bond donors (Lipinski definition) is 2. The van der Waals surface area contributed by atoms with Crippen molar-refractivity contribution in [2.24, 2.45) is 0 Å². The van der Waals surface area contributed by atoms with Gasteiger partial charge in [0.15, 0.2) is 15.6 Å². The molecule has 0 radical (unpaired) electrons. The first-order valence-electron chi connectivity index (χ1n) is 7.12. The van der Waals surface area contributed by atoms with Crippen LogP contribution in [0, 0.1) is 0 Å². The normalized spacial score (nSPS) is 11.8. The Morgan fingerprint density at radius 1 is 1.19 bits per heavy atom. The predicted octanol–water partition coefficient (Wildman–Crippen LogP) is 3.55. The number of para-hydroxylation sites is 1. The Bertz CT molecular complexity index is 911. The number of sulfone groups is 1. The fourth-order valence-electron chi connectivity index (χ4n) is 2.04. The third-order valence-electron chi connectivity index (χ3n) is 3.14. The molecule has 26 heavy (non-hydrogen) atoms. The van der Waals surface area contributed by atoms with Crippen LogP contribution < -0.4 is 10.1 Å². The highest BCUT2D eigenvalue weighted by molar-refractivity contribution is 7.90. The van der Waals surface area contributed by atoms with Crippen molar-refractivity contribution in [3.8, 4) is 11.5 Å². The summed E-state index contributed by atoms with van der Waals surface area (Å²) in [6.45, 7) is -1.50. The number of rotatable bonds is 6. The largest absolute Gasteiger partial charge is 0.478 e. The summed E-state index contributed by atoms with van der Waals surface area (Å²) in [7, 11) is -4.00. The maximum absolute atomic E-state index is 12.6. The van der Waals surface area contributed by atoms with Crippen molar-refractivity contribution in [1.29, 1.82) is 0 Å². The number of carboxylic acid groups (broad SMARTS) is 1. The quantitative estimate of drug-likeness (QED) is 0.785. The number of nitrogens with one attached hydrogen (secondary N) is 1. The van der Waals surface area contributed by atoms with Gasteiger partial charge in [-0.3, -0.25) is 0 Å². The number of benzene rings is 2. The van der Waals surface area contributed by atoms with E-state index in [1.165, 1.54) is 12.1 Å². The van der Waals surface area contributed by atoms with Gasteiger partial charge < -0.3 is 15.2 Å². The number of ether oxygens (including phenoxy) is 1. The summed E-state index contributed by atoms with van der Waals surface area (Å²) in [4.78, 5) is 10.7. The molecule has 2 aromatic rings. The molecule has 0 saturated heterocycles. The van der Waals surface area contributed by atoms with Crippen LogP contribution in [-0.2, 0) is 9.84 Å². The lowest BCUT2D eigenvalue weighted by Gasteiger charge is -2.18. The van der Waals surface area contributed by atoms with E-state index < -0.39 is 50.4 Å². The maximum Gasteiger partial charge on any atom is 0.405 e. The van der Waals surface area contributed by atoms with Crippen LogP contribution in [0.25, 0.3) is 0 Å². The summed E-state index contributed by atoms with van der Waals surface area (Å²) in [6.07, 6.45) is -3.80. The van der Waals surface area contributed by atoms with Crippen molar-refractivity contribution in [3.63, 3.8) is 0 Å². The molecule has 10 heteroatoms. The monoisotopic (exact) mass is 389 g/mol. The molecule has 0 aliphatic rings. The van der Waals surface area contributed by atoms with Crippen LogP contribution in [0.15, 0.2) is 47.4 Å². The second-order valence-electron chi connectivity index (χ2n) is 5.31. The zero-order valence-corrected chi connectivity index (χ0v) is 14.2. The van der Waals surface area contributed by atoms with Gasteiger partial charge >= 0.3 is 12.1 Å². The van der Waals surface area contributed by atoms with Crippen LogP contribution in [0.5, 0.6) is 11.5 Å². The summed E-state index contributed by atoms with van der Waals surface area (Å²) in [5.74, 6) is -1.72. The highest BCUT2D eigenvalue weighted by atomic mass is 32.2. The number of alkyl halides is 3. The molecule has 0 bridgehead atoms. The van der Waals surface area contributed by atoms with Gasteiger partial charge in [-0.25, -0.2) is 13.2 Å². The van der Waals surface area contributed by atoms with Gasteiger partial charge in [-0.2, -0.15) is 13.2 Å². The van der Waals surface area contributed by atoms with Gasteiger partial charge in [-0.1, -0.05) is 18.2 Å². The summed E-state index contributed by atoms with van der Waals surface area (Å²) in [6, 6.07) is 9.53. The Morgan fingerprint density at radius 3 is 2.31 bits per heavy atom. The SMILES string of the molecule is CS(=O)(=O)c1cc(C(=O)O)cc(NCC(F)(F)F)c1Oc1ccccc1. The predicted molar refractivity (Wildman–Crippen MR) is 87.6 cm³/mol. The molecule has 0 amide bonds. The van der Waals surface area contributed by atoms with Crippen LogP contribution >= 0.6 is 0 Å². The molecule has 2 rings (SSSR count). The van der Waals surface area contributed by atoms with Gasteiger partial charge in [0.1, 0.15) is 17.2 Å². The topological polar surface area (TPSA) is 92.7 Å². The third-order valence-corrected chi connectivity index (χ3v) is 4.25. The van der Waals surface area contributed by atoms with Crippen LogP contribution in [0.3, 0.4) is 0 Å². The number of halogens is 3. The summed E-state index contributed by atoms with van der Waals surface area (Å²) < 4.78 is 67.2. The van der Waals surface area contributed by atoms with Crippen LogP contribution in [0.1, 0.15) is 10.4 Å². The minimum atomic E-state index is -4.60. The molecule has 0 atom stereocenters. The van der Waals surface area contributed by atoms with Gasteiger partial charge in [0.2, 0.25) is 0 Å². The lowest BCUT2D eigenvalue weighted by Crippen LogP contribution is -2.22. The van der Waals surface area contributed by atoms with Crippen molar-refractivity contribution < 1.29 is 36.2 Å². The summed E-state index contributed by atoms with van der Waals surface area (Å²) in [5.41, 5.74) is -0.887. The second kappa shape index (κ2) is 7.24. The van der Waals surface area contributed by atoms with Gasteiger partial charge in [0.25, 0.3) is 0 Å². The van der Waals surface area contributed by atoms with E-state index in [2.05, 4.69) is 0 Å². The highest BCUT2D eigenvalue weighted by Gasteiger charge is 2.29. The van der Waals surface area contributed by atoms with E-state index in [9.17, 15) is 26.4 Å². The first-order chi connectivity index (χ1) is 12.0. The van der Waals surface area contributed by atoms with Crippen molar-refractivity contribution in [1.82, 2.24) is 0 Å². The number of anilines is 1. The molecule has 0 aliphatic carbocycles. The molecule has 0 heterocycles. The zero-order chi connectivity index (χ0) is 19.5. The molecule has 0 spiro atoms. The van der Waals surface area contributed by atoms with Crippen molar-refractivity contribution in [2.45, 2.75) is 11.1 Å². The van der Waals surface area contributed by atoms with E-state index in [-0.39, 0.29) is 5.75 Å². The smallest absolute Gasteiger partial charge is 0.405 e. The fraction of sp³-hybridized carbons (Fsp3) is 0.188. The number of aromatic carboxylic acids is 1. The molecule has 0 aromatic heterocycles. The van der Waals surface area contributed by atoms with Gasteiger partial charge in [-0.05, 0) is 24.3 Å². The number of carboxylic acids is 1. The van der Waals surface area contributed by atoms with E-state index in [0.717, 1.165) is 18.4 Å². The lowest BCUT2D eigenvalue weighted by atomic mass is 10.2. The fourth-order valence-corrected chi connectivity index (χ4v) is 2.87. The highest BCUT2D eigenvalue weighted by Crippen LogP contribution is 2.38. The van der Waals surface area contributed by atoms with E-state index >= 15 is 0 Å². The van der Waals surface area contributed by atoms with Crippen molar-refractivity contribution in [3.05, 3.63) is 48.0 Å². The molecular formula is C16H14F3NO5S. The minimum Gasteiger partial charge on any atom is -0.478 e. The molecule has 0 unspecified atom stereocenters. The van der Waals surface area contributed by atoms with Gasteiger partial charge in [0.05, 0.1) is 11.3 Å². The van der Waals surface area contributed by atoms with Crippen LogP contribution in [0.2, 0.25) is 0 Å². The van der Waals surface area contributed by atoms with E-state index in [1.54, 1.807) is 18.2 Å². The first-order valence-corrected chi connectivity index (χ1v) is 9.01. The standard InChI is InChI=1S/C16H14F3NO5S/c1-26(23,24)13-8-10(15(21)22)7-12(20-9-16(17,18)19)14(13)25-11-5-3-2-4-6-11/h2-8,20H,9H2,1H3,(H,21,22). The number of hydrogen-bond acceptors (Lipinski definition) is 5. The Morgan fingerprint density at radius 2 is 1.81 bits per heavy atom. The molecule has 6 nitrogen and oxygen atoms in total. The minimum absolute atomic E-state index is 0.176. The lowest BCUT2D eigenvalue weighted by molar-refractivity contribution is -0.115. The summed E-state index contributed by atoms with van der Waals surface area (Å²) in [5, 5.41) is 11.1.